The number of aliphatic hydroxyl groups is 1. The van der Waals surface area contributed by atoms with Gasteiger partial charge in [0.15, 0.2) is 0 Å². The first-order chi connectivity index (χ1) is 5.89. The molecule has 0 aliphatic rings. The van der Waals surface area contributed by atoms with E-state index >= 15 is 0 Å². The van der Waals surface area contributed by atoms with Crippen molar-refractivity contribution in [2.45, 2.75) is 26.4 Å². The zero-order chi connectivity index (χ0) is 10.1. The number of nitrogens with one attached hydrogen (secondary N) is 1. The molecule has 0 atom stereocenters. The third-order valence-electron chi connectivity index (χ3n) is 1.40. The monoisotopic (exact) mass is 184 g/mol. The van der Waals surface area contributed by atoms with Crippen LogP contribution in [-0.4, -0.2) is 21.6 Å². The van der Waals surface area contributed by atoms with Gasteiger partial charge in [-0.25, -0.2) is 0 Å². The van der Waals surface area contributed by atoms with E-state index in [2.05, 4.69) is 10.3 Å². The molecule has 1 rings (SSSR count). The van der Waals surface area contributed by atoms with Gasteiger partial charge in [0.25, 0.3) is 5.91 Å². The summed E-state index contributed by atoms with van der Waals surface area (Å²) in [5.74, 6) is -0.547. The van der Waals surface area contributed by atoms with Crippen LogP contribution in [0.2, 0.25) is 0 Å². The summed E-state index contributed by atoms with van der Waals surface area (Å²) in [6.07, 6.45) is 1.42. The second-order valence-electron chi connectivity index (χ2n) is 3.31. The number of amides is 1. The van der Waals surface area contributed by atoms with Crippen molar-refractivity contribution in [1.29, 1.82) is 0 Å². The number of hydrogen-bond acceptors (Lipinski definition) is 4. The molecule has 5 heteroatoms. The molecule has 1 aromatic heterocycles. The van der Waals surface area contributed by atoms with E-state index in [9.17, 15) is 9.90 Å². The van der Waals surface area contributed by atoms with Gasteiger partial charge in [0, 0.05) is 0 Å². The van der Waals surface area contributed by atoms with Crippen LogP contribution in [0.25, 0.3) is 0 Å². The quantitative estimate of drug-likeness (QED) is 0.709. The lowest BCUT2D eigenvalue weighted by atomic mass is 10.1. The minimum absolute atomic E-state index is 0.102. The molecule has 0 radical (unpaired) electrons. The highest BCUT2D eigenvalue weighted by molar-refractivity contribution is 5.94. The van der Waals surface area contributed by atoms with Gasteiger partial charge in [-0.3, -0.25) is 10.1 Å². The third kappa shape index (κ3) is 2.55. The number of carbonyl (C=O) groups is 1. The second kappa shape index (κ2) is 3.18. The molecule has 72 valence electrons. The predicted octanol–water partition coefficient (Wildman–Crippen LogP) is 0.692. The molecule has 0 fully saturated rings. The fourth-order valence-electron chi connectivity index (χ4n) is 0.661. The summed E-state index contributed by atoms with van der Waals surface area (Å²) in [7, 11) is 0. The first kappa shape index (κ1) is 9.73. The summed E-state index contributed by atoms with van der Waals surface area (Å²) in [5.41, 5.74) is -0.756. The van der Waals surface area contributed by atoms with Gasteiger partial charge < -0.3 is 9.52 Å². The number of aryl methyl sites for hydroxylation is 1. The van der Waals surface area contributed by atoms with Crippen molar-refractivity contribution in [3.05, 3.63) is 12.0 Å². The number of anilines is 1. The van der Waals surface area contributed by atoms with Crippen LogP contribution >= 0.6 is 0 Å². The molecular weight excluding hydrogens is 172 g/mol. The number of oxazole rings is 1. The van der Waals surface area contributed by atoms with E-state index in [0.717, 1.165) is 0 Å². The Morgan fingerprint density at radius 2 is 2.31 bits per heavy atom. The fourth-order valence-corrected chi connectivity index (χ4v) is 0.661. The van der Waals surface area contributed by atoms with Gasteiger partial charge in [-0.05, 0) is 20.8 Å². The smallest absolute Gasteiger partial charge is 0.301 e. The molecule has 1 heterocycles. The fraction of sp³-hybridized carbons (Fsp3) is 0.500. The Morgan fingerprint density at radius 3 is 2.69 bits per heavy atom. The molecule has 0 unspecified atom stereocenters. The number of aromatic nitrogens is 1. The highest BCUT2D eigenvalue weighted by Crippen LogP contribution is 2.09. The van der Waals surface area contributed by atoms with Crippen LogP contribution in [-0.2, 0) is 4.79 Å². The zero-order valence-corrected chi connectivity index (χ0v) is 7.79. The standard InChI is InChI=1S/C8H12N2O3/c1-5-4-13-7(9-5)10-6(11)8(2,3)12/h4,12H,1-3H3,(H,9,10,11). The van der Waals surface area contributed by atoms with Crippen molar-refractivity contribution in [3.63, 3.8) is 0 Å². The summed E-state index contributed by atoms with van der Waals surface area (Å²) in [6, 6.07) is 0.102. The maximum atomic E-state index is 11.2. The molecular formula is C8H12N2O3. The molecule has 0 aliphatic carbocycles. The third-order valence-corrected chi connectivity index (χ3v) is 1.40. The van der Waals surface area contributed by atoms with E-state index in [1.165, 1.54) is 20.1 Å². The molecule has 1 amide bonds. The van der Waals surface area contributed by atoms with Crippen molar-refractivity contribution in [1.82, 2.24) is 4.98 Å². The number of carbonyl (C=O) groups excluding carboxylic acids is 1. The van der Waals surface area contributed by atoms with Crippen LogP contribution in [0.1, 0.15) is 19.5 Å². The van der Waals surface area contributed by atoms with Crippen LogP contribution in [0.3, 0.4) is 0 Å². The molecule has 0 saturated carbocycles. The number of hydrogen-bond donors (Lipinski definition) is 2. The van der Waals surface area contributed by atoms with Gasteiger partial charge in [0.1, 0.15) is 11.9 Å². The molecule has 1 aromatic rings. The lowest BCUT2D eigenvalue weighted by Crippen LogP contribution is -2.36. The summed E-state index contributed by atoms with van der Waals surface area (Å²) in [5, 5.41) is 11.6. The topological polar surface area (TPSA) is 75.4 Å². The van der Waals surface area contributed by atoms with Gasteiger partial charge in [-0.1, -0.05) is 0 Å². The van der Waals surface area contributed by atoms with Crippen molar-refractivity contribution in [2.24, 2.45) is 0 Å². The van der Waals surface area contributed by atoms with Gasteiger partial charge in [-0.15, -0.1) is 0 Å². The van der Waals surface area contributed by atoms with E-state index in [4.69, 9.17) is 4.42 Å². The molecule has 13 heavy (non-hydrogen) atoms. The van der Waals surface area contributed by atoms with E-state index in [-0.39, 0.29) is 6.01 Å². The highest BCUT2D eigenvalue weighted by Gasteiger charge is 2.24. The Labute approximate surface area is 75.8 Å². The van der Waals surface area contributed by atoms with Crippen molar-refractivity contribution in [3.8, 4) is 0 Å². The average Bonchev–Trinajstić information content (AvgIpc) is 2.33. The lowest BCUT2D eigenvalue weighted by molar-refractivity contribution is -0.130. The number of rotatable bonds is 2. The Hall–Kier alpha value is -1.36. The van der Waals surface area contributed by atoms with Gasteiger partial charge in [0.2, 0.25) is 0 Å². The van der Waals surface area contributed by atoms with Gasteiger partial charge in [0.05, 0.1) is 5.69 Å². The largest absolute Gasteiger partial charge is 0.432 e. The van der Waals surface area contributed by atoms with Crippen LogP contribution in [0, 0.1) is 6.92 Å². The Bertz CT molecular complexity index is 311. The summed E-state index contributed by atoms with van der Waals surface area (Å²) < 4.78 is 4.88. The Balaban J connectivity index is 2.65. The van der Waals surface area contributed by atoms with Crippen LogP contribution < -0.4 is 5.32 Å². The minimum Gasteiger partial charge on any atom is -0.432 e. The maximum Gasteiger partial charge on any atom is 0.301 e. The molecule has 0 aliphatic heterocycles. The normalized spacial score (nSPS) is 11.4. The summed E-state index contributed by atoms with van der Waals surface area (Å²) >= 11 is 0. The molecule has 2 N–H and O–H groups in total. The van der Waals surface area contributed by atoms with Gasteiger partial charge >= 0.3 is 6.01 Å². The Morgan fingerprint density at radius 1 is 1.69 bits per heavy atom. The van der Waals surface area contributed by atoms with Gasteiger partial charge in [-0.2, -0.15) is 4.98 Å². The summed E-state index contributed by atoms with van der Waals surface area (Å²) in [6.45, 7) is 4.51. The van der Waals surface area contributed by atoms with Crippen molar-refractivity contribution < 1.29 is 14.3 Å². The highest BCUT2D eigenvalue weighted by atomic mass is 16.4. The molecule has 0 aromatic carbocycles. The van der Waals surface area contributed by atoms with E-state index in [1.807, 2.05) is 0 Å². The second-order valence-corrected chi connectivity index (χ2v) is 3.31. The van der Waals surface area contributed by atoms with Crippen LogP contribution in [0.15, 0.2) is 10.7 Å². The predicted molar refractivity (Wildman–Crippen MR) is 46.2 cm³/mol. The Kier molecular flexibility index (Phi) is 2.38. The first-order valence-electron chi connectivity index (χ1n) is 3.85. The molecule has 0 saturated heterocycles. The van der Waals surface area contributed by atoms with E-state index in [0.29, 0.717) is 5.69 Å². The molecule has 5 nitrogen and oxygen atoms in total. The minimum atomic E-state index is -1.43. The zero-order valence-electron chi connectivity index (χ0n) is 7.79. The van der Waals surface area contributed by atoms with E-state index < -0.39 is 11.5 Å². The number of nitrogens with zero attached hydrogens (tertiary/aromatic N) is 1. The SMILES string of the molecule is Cc1coc(NC(=O)C(C)(C)O)n1. The summed E-state index contributed by atoms with van der Waals surface area (Å²) in [4.78, 5) is 15.0. The lowest BCUT2D eigenvalue weighted by Gasteiger charge is -2.14. The average molecular weight is 184 g/mol. The van der Waals surface area contributed by atoms with Crippen molar-refractivity contribution >= 4 is 11.9 Å². The first-order valence-corrected chi connectivity index (χ1v) is 3.85. The molecule has 0 bridgehead atoms. The van der Waals surface area contributed by atoms with Crippen molar-refractivity contribution in [2.75, 3.05) is 5.32 Å². The van der Waals surface area contributed by atoms with E-state index in [1.54, 1.807) is 6.92 Å². The molecule has 0 spiro atoms. The van der Waals surface area contributed by atoms with Crippen LogP contribution in [0.5, 0.6) is 0 Å². The van der Waals surface area contributed by atoms with Crippen LogP contribution in [0.4, 0.5) is 6.01 Å². The maximum absolute atomic E-state index is 11.2.